The Morgan fingerprint density at radius 1 is 1.05 bits per heavy atom. The summed E-state index contributed by atoms with van der Waals surface area (Å²) in [4.78, 5) is 25.3. The lowest BCUT2D eigenvalue weighted by Crippen LogP contribution is -1.92. The van der Waals surface area contributed by atoms with Gasteiger partial charge in [0.15, 0.2) is 12.0 Å². The highest BCUT2D eigenvalue weighted by atomic mass is 16.6. The van der Waals surface area contributed by atoms with Crippen LogP contribution >= 0.6 is 0 Å². The van der Waals surface area contributed by atoms with Gasteiger partial charge in [0.1, 0.15) is 17.0 Å². The first kappa shape index (κ1) is 13.7. The minimum atomic E-state index is -0.473. The average molecular weight is 294 g/mol. The Kier molecular flexibility index (Phi) is 3.49. The molecule has 0 spiro atoms. The lowest BCUT2D eigenvalue weighted by molar-refractivity contribution is -0.384. The molecule has 6 nitrogen and oxygen atoms in total. The topological polar surface area (TPSA) is 82.3 Å². The van der Waals surface area contributed by atoms with Crippen molar-refractivity contribution >= 4 is 22.9 Å². The molecule has 0 aliphatic heterocycles. The normalized spacial score (nSPS) is 10.4. The maximum Gasteiger partial charge on any atom is 0.269 e. The molecule has 108 valence electrons. The second kappa shape index (κ2) is 5.61. The molecule has 0 N–H and O–H groups in total. The van der Waals surface area contributed by atoms with Gasteiger partial charge in [-0.05, 0) is 24.3 Å². The lowest BCUT2D eigenvalue weighted by Gasteiger charge is -2.08. The predicted molar refractivity (Wildman–Crippen MR) is 80.3 cm³/mol. The zero-order valence-electron chi connectivity index (χ0n) is 11.3. The van der Waals surface area contributed by atoms with E-state index in [2.05, 4.69) is 4.98 Å². The number of ether oxygens (including phenoxy) is 1. The van der Waals surface area contributed by atoms with Crippen molar-refractivity contribution in [2.24, 2.45) is 0 Å². The quantitative estimate of drug-likeness (QED) is 0.416. The number of carbonyl (C=O) groups is 1. The number of hydrogen-bond donors (Lipinski definition) is 0. The highest BCUT2D eigenvalue weighted by Gasteiger charge is 2.08. The molecule has 1 heterocycles. The molecule has 3 rings (SSSR count). The van der Waals surface area contributed by atoms with Crippen molar-refractivity contribution in [2.75, 3.05) is 0 Å². The SMILES string of the molecule is O=Cc1ccc2cccc(Oc3ccc([N+](=O)[O-])cc3)c2n1. The molecule has 6 heteroatoms. The van der Waals surface area contributed by atoms with Gasteiger partial charge in [0.05, 0.1) is 4.92 Å². The molecule has 2 aromatic carbocycles. The smallest absolute Gasteiger partial charge is 0.269 e. The van der Waals surface area contributed by atoms with Crippen LogP contribution in [0.3, 0.4) is 0 Å². The van der Waals surface area contributed by atoms with E-state index in [0.717, 1.165) is 5.39 Å². The Labute approximate surface area is 125 Å². The Balaban J connectivity index is 1.99. The van der Waals surface area contributed by atoms with Crippen LogP contribution in [0, 0.1) is 10.1 Å². The summed E-state index contributed by atoms with van der Waals surface area (Å²) in [5, 5.41) is 11.5. The number of para-hydroxylation sites is 1. The van der Waals surface area contributed by atoms with E-state index < -0.39 is 4.92 Å². The highest BCUT2D eigenvalue weighted by Crippen LogP contribution is 2.29. The highest BCUT2D eigenvalue weighted by molar-refractivity contribution is 5.87. The van der Waals surface area contributed by atoms with Gasteiger partial charge < -0.3 is 4.74 Å². The summed E-state index contributed by atoms with van der Waals surface area (Å²) in [5.74, 6) is 0.937. The Morgan fingerprint density at radius 3 is 2.50 bits per heavy atom. The van der Waals surface area contributed by atoms with Gasteiger partial charge in [-0.1, -0.05) is 18.2 Å². The summed E-state index contributed by atoms with van der Waals surface area (Å²) in [7, 11) is 0. The van der Waals surface area contributed by atoms with Crippen molar-refractivity contribution < 1.29 is 14.5 Å². The minimum Gasteiger partial charge on any atom is -0.455 e. The summed E-state index contributed by atoms with van der Waals surface area (Å²) >= 11 is 0. The molecule has 1 aromatic heterocycles. The second-order valence-electron chi connectivity index (χ2n) is 4.53. The van der Waals surface area contributed by atoms with Crippen molar-refractivity contribution in [1.29, 1.82) is 0 Å². The number of pyridine rings is 1. The molecule has 22 heavy (non-hydrogen) atoms. The average Bonchev–Trinajstić information content (AvgIpc) is 2.55. The minimum absolute atomic E-state index is 0.00774. The molecule has 0 saturated heterocycles. The summed E-state index contributed by atoms with van der Waals surface area (Å²) < 4.78 is 5.72. The van der Waals surface area contributed by atoms with Gasteiger partial charge in [0.2, 0.25) is 0 Å². The summed E-state index contributed by atoms with van der Waals surface area (Å²) in [5.41, 5.74) is 0.865. The maximum absolute atomic E-state index is 10.9. The fourth-order valence-electron chi connectivity index (χ4n) is 2.05. The van der Waals surface area contributed by atoms with Gasteiger partial charge in [-0.3, -0.25) is 14.9 Å². The number of rotatable bonds is 4. The van der Waals surface area contributed by atoms with Crippen LogP contribution in [0.5, 0.6) is 11.5 Å². The van der Waals surface area contributed by atoms with Crippen LogP contribution in [0.15, 0.2) is 54.6 Å². The zero-order chi connectivity index (χ0) is 15.5. The number of nitrogens with zero attached hydrogens (tertiary/aromatic N) is 2. The van der Waals surface area contributed by atoms with E-state index in [4.69, 9.17) is 4.74 Å². The maximum atomic E-state index is 10.9. The summed E-state index contributed by atoms with van der Waals surface area (Å²) in [6.45, 7) is 0. The van der Waals surface area contributed by atoms with Crippen molar-refractivity contribution in [3.05, 3.63) is 70.4 Å². The van der Waals surface area contributed by atoms with Crippen LogP contribution in [0.2, 0.25) is 0 Å². The van der Waals surface area contributed by atoms with Crippen molar-refractivity contribution in [3.8, 4) is 11.5 Å². The van der Waals surface area contributed by atoms with Gasteiger partial charge in [-0.25, -0.2) is 4.98 Å². The molecular weight excluding hydrogens is 284 g/mol. The summed E-state index contributed by atoms with van der Waals surface area (Å²) in [6.07, 6.45) is 0.669. The first-order valence-corrected chi connectivity index (χ1v) is 6.44. The van der Waals surface area contributed by atoms with Gasteiger partial charge in [0, 0.05) is 17.5 Å². The van der Waals surface area contributed by atoms with E-state index in [1.165, 1.54) is 24.3 Å². The molecule has 0 aliphatic carbocycles. The number of carbonyl (C=O) groups excluding carboxylic acids is 1. The largest absolute Gasteiger partial charge is 0.455 e. The number of aldehydes is 1. The number of hydrogen-bond acceptors (Lipinski definition) is 5. The van der Waals surface area contributed by atoms with Crippen LogP contribution in [0.4, 0.5) is 5.69 Å². The van der Waals surface area contributed by atoms with Crippen LogP contribution in [0.25, 0.3) is 10.9 Å². The number of nitro benzene ring substituents is 1. The van der Waals surface area contributed by atoms with Gasteiger partial charge in [0.25, 0.3) is 5.69 Å². The number of aromatic nitrogens is 1. The fourth-order valence-corrected chi connectivity index (χ4v) is 2.05. The number of nitro groups is 1. The van der Waals surface area contributed by atoms with E-state index >= 15 is 0 Å². The third-order valence-electron chi connectivity index (χ3n) is 3.10. The van der Waals surface area contributed by atoms with Crippen LogP contribution in [-0.2, 0) is 0 Å². The van der Waals surface area contributed by atoms with E-state index in [9.17, 15) is 14.9 Å². The monoisotopic (exact) mass is 294 g/mol. The second-order valence-corrected chi connectivity index (χ2v) is 4.53. The molecule has 0 atom stereocenters. The van der Waals surface area contributed by atoms with Gasteiger partial charge in [-0.2, -0.15) is 0 Å². The molecule has 0 aliphatic rings. The number of fused-ring (bicyclic) bond motifs is 1. The van der Waals surface area contributed by atoms with Crippen molar-refractivity contribution in [1.82, 2.24) is 4.98 Å². The Hall–Kier alpha value is -3.28. The van der Waals surface area contributed by atoms with Gasteiger partial charge >= 0.3 is 0 Å². The first-order chi connectivity index (χ1) is 10.7. The van der Waals surface area contributed by atoms with E-state index in [-0.39, 0.29) is 5.69 Å². The molecule has 0 fully saturated rings. The molecule has 0 amide bonds. The molecule has 0 saturated carbocycles. The molecule has 0 unspecified atom stereocenters. The lowest BCUT2D eigenvalue weighted by atomic mass is 10.2. The number of benzene rings is 2. The van der Waals surface area contributed by atoms with E-state index in [0.29, 0.717) is 29.0 Å². The molecular formula is C16H10N2O4. The van der Waals surface area contributed by atoms with E-state index in [1.807, 2.05) is 12.1 Å². The zero-order valence-corrected chi connectivity index (χ0v) is 11.3. The predicted octanol–water partition coefficient (Wildman–Crippen LogP) is 3.75. The Bertz CT molecular complexity index is 860. The van der Waals surface area contributed by atoms with Crippen molar-refractivity contribution in [3.63, 3.8) is 0 Å². The summed E-state index contributed by atoms with van der Waals surface area (Å²) in [6, 6.07) is 14.6. The third kappa shape index (κ3) is 2.62. The standard InChI is InChI=1S/C16H10N2O4/c19-10-12-5-4-11-2-1-3-15(16(11)17-12)22-14-8-6-13(7-9-14)18(20)21/h1-10H. The molecule has 0 bridgehead atoms. The van der Waals surface area contributed by atoms with Crippen LogP contribution in [-0.4, -0.2) is 16.2 Å². The molecule has 0 radical (unpaired) electrons. The number of non-ortho nitro benzene ring substituents is 1. The fraction of sp³-hybridized carbons (Fsp3) is 0. The van der Waals surface area contributed by atoms with Crippen molar-refractivity contribution in [2.45, 2.75) is 0 Å². The van der Waals surface area contributed by atoms with Crippen LogP contribution in [0.1, 0.15) is 10.5 Å². The van der Waals surface area contributed by atoms with E-state index in [1.54, 1.807) is 18.2 Å². The third-order valence-corrected chi connectivity index (χ3v) is 3.10. The molecule has 3 aromatic rings. The Morgan fingerprint density at radius 2 is 1.82 bits per heavy atom. The van der Waals surface area contributed by atoms with Crippen LogP contribution < -0.4 is 4.74 Å². The first-order valence-electron chi connectivity index (χ1n) is 6.44. The van der Waals surface area contributed by atoms with Gasteiger partial charge in [-0.15, -0.1) is 0 Å².